The summed E-state index contributed by atoms with van der Waals surface area (Å²) in [4.78, 5) is 0. The lowest BCUT2D eigenvalue weighted by molar-refractivity contribution is 0.221. The monoisotopic (exact) mass is 300 g/mol. The molecule has 22 heavy (non-hydrogen) atoms. The smallest absolute Gasteiger partial charge is 0.0386 e. The molecule has 2 fully saturated rings. The Kier molecular flexibility index (Phi) is 9.38. The lowest BCUT2D eigenvalue weighted by Gasteiger charge is -2.30. The summed E-state index contributed by atoms with van der Waals surface area (Å²) in [5.41, 5.74) is 0. The summed E-state index contributed by atoms with van der Waals surface area (Å²) in [5.74, 6) is 2.22. The number of rotatable bonds is 1. The van der Waals surface area contributed by atoms with Crippen molar-refractivity contribution in [2.45, 2.75) is 89.9 Å². The van der Waals surface area contributed by atoms with Crippen LogP contribution >= 0.6 is 0 Å². The molecule has 0 radical (unpaired) electrons. The van der Waals surface area contributed by atoms with E-state index >= 15 is 0 Å². The van der Waals surface area contributed by atoms with Gasteiger partial charge in [-0.2, -0.15) is 0 Å². The van der Waals surface area contributed by atoms with Gasteiger partial charge in [0.15, 0.2) is 0 Å². The summed E-state index contributed by atoms with van der Waals surface area (Å²) >= 11 is 0. The van der Waals surface area contributed by atoms with Gasteiger partial charge < -0.3 is 0 Å². The van der Waals surface area contributed by atoms with E-state index in [0.29, 0.717) is 0 Å². The van der Waals surface area contributed by atoms with E-state index < -0.39 is 0 Å². The third-order valence-electron chi connectivity index (χ3n) is 5.63. The Morgan fingerprint density at radius 1 is 0.318 bits per heavy atom. The zero-order chi connectivity index (χ0) is 15.3. The van der Waals surface area contributed by atoms with Crippen molar-refractivity contribution in [2.75, 3.05) is 0 Å². The van der Waals surface area contributed by atoms with E-state index in [-0.39, 0.29) is 0 Å². The topological polar surface area (TPSA) is 0 Å². The molecule has 0 atom stereocenters. The molecule has 3 rings (SSSR count). The van der Waals surface area contributed by atoms with Gasteiger partial charge >= 0.3 is 0 Å². The molecule has 0 heterocycles. The Morgan fingerprint density at radius 2 is 0.545 bits per heavy atom. The van der Waals surface area contributed by atoms with Crippen LogP contribution in [0.4, 0.5) is 0 Å². The highest BCUT2D eigenvalue weighted by atomic mass is 14.3. The molecule has 0 aromatic heterocycles. The van der Waals surface area contributed by atoms with E-state index in [1.807, 2.05) is 36.4 Å². The summed E-state index contributed by atoms with van der Waals surface area (Å²) in [6.07, 6.45) is 21.4. The summed E-state index contributed by atoms with van der Waals surface area (Å²) in [7, 11) is 0. The minimum Gasteiger partial charge on any atom is -0.0623 e. The summed E-state index contributed by atoms with van der Waals surface area (Å²) in [6, 6.07) is 12.0. The second kappa shape index (κ2) is 11.7. The fraction of sp³-hybridized carbons (Fsp3) is 0.727. The lowest BCUT2D eigenvalue weighted by Crippen LogP contribution is -2.17. The van der Waals surface area contributed by atoms with E-state index in [1.54, 1.807) is 25.7 Å². The molecule has 0 heteroatoms. The third-order valence-corrected chi connectivity index (χ3v) is 5.63. The number of hydrogen-bond acceptors (Lipinski definition) is 0. The Bertz CT molecular complexity index is 280. The van der Waals surface area contributed by atoms with Crippen LogP contribution in [0.1, 0.15) is 89.9 Å². The first kappa shape index (κ1) is 17.6. The molecule has 0 spiro atoms. The van der Waals surface area contributed by atoms with Gasteiger partial charge in [0.1, 0.15) is 0 Å². The van der Waals surface area contributed by atoms with E-state index in [1.165, 1.54) is 64.2 Å². The zero-order valence-corrected chi connectivity index (χ0v) is 14.5. The van der Waals surface area contributed by atoms with Crippen molar-refractivity contribution in [3.8, 4) is 0 Å². The second-order valence-corrected chi connectivity index (χ2v) is 7.37. The van der Waals surface area contributed by atoms with Gasteiger partial charge in [-0.3, -0.25) is 0 Å². The van der Waals surface area contributed by atoms with Crippen molar-refractivity contribution in [1.82, 2.24) is 0 Å². The minimum atomic E-state index is 1.11. The van der Waals surface area contributed by atoms with Crippen molar-refractivity contribution in [2.24, 2.45) is 11.8 Å². The maximum absolute atomic E-state index is 2.00. The molecule has 0 bridgehead atoms. The molecule has 2 saturated carbocycles. The summed E-state index contributed by atoms with van der Waals surface area (Å²) in [5, 5.41) is 0. The Morgan fingerprint density at radius 3 is 0.818 bits per heavy atom. The fourth-order valence-electron chi connectivity index (χ4n) is 4.30. The number of hydrogen-bond donors (Lipinski definition) is 0. The largest absolute Gasteiger partial charge is 0.0623 e. The first-order valence-corrected chi connectivity index (χ1v) is 9.97. The highest BCUT2D eigenvalue weighted by molar-refractivity contribution is 4.99. The molecule has 2 aliphatic carbocycles. The van der Waals surface area contributed by atoms with Crippen molar-refractivity contribution in [3.05, 3.63) is 36.4 Å². The van der Waals surface area contributed by atoms with Crippen LogP contribution in [0.5, 0.6) is 0 Å². The first-order valence-electron chi connectivity index (χ1n) is 9.97. The molecule has 0 saturated heterocycles. The summed E-state index contributed by atoms with van der Waals surface area (Å²) < 4.78 is 0. The average molecular weight is 301 g/mol. The molecule has 0 amide bonds. The SMILES string of the molecule is C1CCCC(C2CCCCCCC2)CCC1.c1ccccc1. The fourth-order valence-corrected chi connectivity index (χ4v) is 4.30. The first-order chi connectivity index (χ1) is 11.0. The molecule has 1 aromatic carbocycles. The highest BCUT2D eigenvalue weighted by Crippen LogP contribution is 2.35. The zero-order valence-electron chi connectivity index (χ0n) is 14.5. The van der Waals surface area contributed by atoms with Gasteiger partial charge in [-0.25, -0.2) is 0 Å². The third kappa shape index (κ3) is 7.47. The average Bonchev–Trinajstić information content (AvgIpc) is 2.50. The molecule has 2 aliphatic rings. The van der Waals surface area contributed by atoms with Gasteiger partial charge in [-0.1, -0.05) is 126 Å². The Labute approximate surface area is 138 Å². The maximum atomic E-state index is 2.00. The van der Waals surface area contributed by atoms with E-state index in [4.69, 9.17) is 0 Å². The predicted octanol–water partition coefficient (Wildman–Crippen LogP) is 7.39. The molecular weight excluding hydrogens is 264 g/mol. The van der Waals surface area contributed by atoms with E-state index in [0.717, 1.165) is 11.8 Å². The molecular formula is C22H36. The van der Waals surface area contributed by atoms with Crippen LogP contribution < -0.4 is 0 Å². The quantitative estimate of drug-likeness (QED) is 0.507. The molecule has 0 aliphatic heterocycles. The van der Waals surface area contributed by atoms with Crippen molar-refractivity contribution >= 4 is 0 Å². The minimum absolute atomic E-state index is 1.11. The van der Waals surface area contributed by atoms with Crippen LogP contribution in [0, 0.1) is 11.8 Å². The van der Waals surface area contributed by atoms with Crippen LogP contribution in [0.25, 0.3) is 0 Å². The van der Waals surface area contributed by atoms with Crippen LogP contribution in [0.15, 0.2) is 36.4 Å². The molecule has 1 aromatic rings. The van der Waals surface area contributed by atoms with Gasteiger partial charge in [-0.15, -0.1) is 0 Å². The van der Waals surface area contributed by atoms with Crippen LogP contribution in [0.2, 0.25) is 0 Å². The van der Waals surface area contributed by atoms with Crippen LogP contribution in [-0.4, -0.2) is 0 Å². The maximum Gasteiger partial charge on any atom is -0.0386 e. The van der Waals surface area contributed by atoms with Crippen molar-refractivity contribution in [1.29, 1.82) is 0 Å². The Hall–Kier alpha value is -0.780. The normalized spacial score (nSPS) is 22.4. The standard InChI is InChI=1S/C16H30.C6H6/c1-3-7-11-15(12-8-4-1)16-13-9-5-2-6-10-14-16;1-2-4-6-5-3-1/h15-16H,1-14H2;1-6H. The van der Waals surface area contributed by atoms with Crippen molar-refractivity contribution in [3.63, 3.8) is 0 Å². The van der Waals surface area contributed by atoms with Gasteiger partial charge in [0.05, 0.1) is 0 Å². The molecule has 124 valence electrons. The van der Waals surface area contributed by atoms with E-state index in [9.17, 15) is 0 Å². The van der Waals surface area contributed by atoms with Gasteiger partial charge in [-0.05, 0) is 11.8 Å². The second-order valence-electron chi connectivity index (χ2n) is 7.37. The lowest BCUT2D eigenvalue weighted by atomic mass is 9.76. The van der Waals surface area contributed by atoms with Gasteiger partial charge in [0, 0.05) is 0 Å². The highest BCUT2D eigenvalue weighted by Gasteiger charge is 2.22. The van der Waals surface area contributed by atoms with Crippen LogP contribution in [0.3, 0.4) is 0 Å². The predicted molar refractivity (Wildman–Crippen MR) is 98.1 cm³/mol. The molecule has 0 N–H and O–H groups in total. The Balaban J connectivity index is 0.000000246. The van der Waals surface area contributed by atoms with Gasteiger partial charge in [0.25, 0.3) is 0 Å². The molecule has 0 unspecified atom stereocenters. The van der Waals surface area contributed by atoms with E-state index in [2.05, 4.69) is 0 Å². The van der Waals surface area contributed by atoms with Gasteiger partial charge in [0.2, 0.25) is 0 Å². The summed E-state index contributed by atoms with van der Waals surface area (Å²) in [6.45, 7) is 0. The number of benzene rings is 1. The van der Waals surface area contributed by atoms with Crippen molar-refractivity contribution < 1.29 is 0 Å². The molecule has 0 nitrogen and oxygen atoms in total. The van der Waals surface area contributed by atoms with Crippen LogP contribution in [-0.2, 0) is 0 Å².